The number of aromatic nitrogens is 1. The molecule has 3 rings (SSSR count). The van der Waals surface area contributed by atoms with Crippen LogP contribution in [0.2, 0.25) is 0 Å². The molecule has 1 aromatic carbocycles. The summed E-state index contributed by atoms with van der Waals surface area (Å²) in [6.45, 7) is 8.84. The monoisotopic (exact) mass is 413 g/mol. The van der Waals surface area contributed by atoms with Gasteiger partial charge in [0.1, 0.15) is 17.4 Å². The zero-order valence-corrected chi connectivity index (χ0v) is 18.3. The van der Waals surface area contributed by atoms with Crippen LogP contribution in [0.3, 0.4) is 0 Å². The summed E-state index contributed by atoms with van der Waals surface area (Å²) in [5.41, 5.74) is 1.24. The number of anilines is 2. The van der Waals surface area contributed by atoms with Gasteiger partial charge in [-0.3, -0.25) is 9.59 Å². The van der Waals surface area contributed by atoms with Gasteiger partial charge < -0.3 is 15.0 Å². The van der Waals surface area contributed by atoms with Gasteiger partial charge >= 0.3 is 0 Å². The minimum absolute atomic E-state index is 0.0432. The van der Waals surface area contributed by atoms with E-state index in [9.17, 15) is 9.59 Å². The van der Waals surface area contributed by atoms with Crippen molar-refractivity contribution in [3.05, 3.63) is 42.1 Å². The maximum atomic E-state index is 13.1. The van der Waals surface area contributed by atoms with Crippen molar-refractivity contribution in [2.45, 2.75) is 32.7 Å². The van der Waals surface area contributed by atoms with E-state index in [1.807, 2.05) is 26.2 Å². The lowest BCUT2D eigenvalue weighted by Gasteiger charge is -2.29. The molecule has 29 heavy (non-hydrogen) atoms. The molecular formula is C22H27N3O3S. The van der Waals surface area contributed by atoms with Gasteiger partial charge in [0.15, 0.2) is 0 Å². The smallest absolute Gasteiger partial charge is 0.258 e. The highest BCUT2D eigenvalue weighted by molar-refractivity contribution is 7.98. The van der Waals surface area contributed by atoms with E-state index in [-0.39, 0.29) is 18.4 Å². The lowest BCUT2D eigenvalue weighted by Crippen LogP contribution is -2.43. The number of hydrogen-bond acceptors (Lipinski definition) is 5. The van der Waals surface area contributed by atoms with Crippen LogP contribution in [-0.2, 0) is 4.79 Å². The van der Waals surface area contributed by atoms with Crippen LogP contribution in [0.25, 0.3) is 0 Å². The molecule has 2 aromatic rings. The number of thioether (sulfide) groups is 1. The molecule has 0 saturated heterocycles. The first-order valence-electron chi connectivity index (χ1n) is 9.62. The second-order valence-electron chi connectivity index (χ2n) is 8.18. The van der Waals surface area contributed by atoms with E-state index in [0.29, 0.717) is 34.5 Å². The van der Waals surface area contributed by atoms with Crippen molar-refractivity contribution in [3.8, 4) is 5.75 Å². The molecule has 0 spiro atoms. The van der Waals surface area contributed by atoms with Crippen LogP contribution in [-0.4, -0.2) is 36.2 Å². The Morgan fingerprint density at radius 3 is 2.79 bits per heavy atom. The molecule has 2 heterocycles. The molecule has 0 unspecified atom stereocenters. The molecule has 1 aromatic heterocycles. The summed E-state index contributed by atoms with van der Waals surface area (Å²) in [5, 5.41) is 3.59. The van der Waals surface area contributed by atoms with E-state index in [2.05, 4.69) is 24.1 Å². The van der Waals surface area contributed by atoms with Gasteiger partial charge in [0.05, 0.1) is 16.7 Å². The number of fused-ring (bicyclic) bond motifs is 1. The highest BCUT2D eigenvalue weighted by Gasteiger charge is 2.38. The van der Waals surface area contributed by atoms with Crippen LogP contribution >= 0.6 is 11.8 Å². The van der Waals surface area contributed by atoms with Crippen LogP contribution in [0.15, 0.2) is 41.6 Å². The normalized spacial score (nSPS) is 15.5. The van der Waals surface area contributed by atoms with Crippen molar-refractivity contribution < 1.29 is 14.3 Å². The number of pyridine rings is 1. The molecule has 1 aliphatic rings. The van der Waals surface area contributed by atoms with Crippen LogP contribution in [0.1, 0.15) is 38.1 Å². The average Bonchev–Trinajstić information content (AvgIpc) is 2.78. The quantitative estimate of drug-likeness (QED) is 0.733. The van der Waals surface area contributed by atoms with Crippen molar-refractivity contribution in [2.24, 2.45) is 11.3 Å². The highest BCUT2D eigenvalue weighted by atomic mass is 32.2. The van der Waals surface area contributed by atoms with E-state index in [0.717, 1.165) is 5.69 Å². The molecule has 0 fully saturated rings. The Hall–Kier alpha value is -2.54. The van der Waals surface area contributed by atoms with Crippen molar-refractivity contribution in [2.75, 3.05) is 29.6 Å². The molecule has 0 saturated carbocycles. The standard InChI is InChI=1S/C22H27N3O3S/c1-14(2)12-25-17-9-8-15(11-18(17)28-13-22(3,4)21(25)27)24-19(26)16-7-6-10-23-20(16)29-5/h6-11,14H,12-13H2,1-5H3,(H,24,26). The van der Waals surface area contributed by atoms with Gasteiger partial charge in [-0.05, 0) is 50.3 Å². The first-order valence-corrected chi connectivity index (χ1v) is 10.8. The Bertz CT molecular complexity index is 927. The highest BCUT2D eigenvalue weighted by Crippen LogP contribution is 2.38. The van der Waals surface area contributed by atoms with Gasteiger partial charge in [-0.25, -0.2) is 4.98 Å². The van der Waals surface area contributed by atoms with Crippen molar-refractivity contribution in [1.29, 1.82) is 0 Å². The summed E-state index contributed by atoms with van der Waals surface area (Å²) < 4.78 is 5.99. The molecular weight excluding hydrogens is 386 g/mol. The lowest BCUT2D eigenvalue weighted by molar-refractivity contribution is -0.127. The third-order valence-electron chi connectivity index (χ3n) is 4.68. The van der Waals surface area contributed by atoms with E-state index in [1.54, 1.807) is 35.4 Å². The van der Waals surface area contributed by atoms with E-state index >= 15 is 0 Å². The third kappa shape index (κ3) is 4.56. The predicted molar refractivity (Wildman–Crippen MR) is 117 cm³/mol. The number of nitrogens with zero attached hydrogens (tertiary/aromatic N) is 2. The second kappa shape index (κ2) is 8.45. The Morgan fingerprint density at radius 2 is 2.10 bits per heavy atom. The number of rotatable bonds is 5. The van der Waals surface area contributed by atoms with E-state index in [1.165, 1.54) is 11.8 Å². The number of carbonyl (C=O) groups is 2. The Labute approximate surface area is 176 Å². The third-order valence-corrected chi connectivity index (χ3v) is 5.39. The molecule has 1 N–H and O–H groups in total. The maximum absolute atomic E-state index is 13.1. The molecule has 1 aliphatic heterocycles. The van der Waals surface area contributed by atoms with Crippen LogP contribution in [0.4, 0.5) is 11.4 Å². The summed E-state index contributed by atoms with van der Waals surface area (Å²) in [6.07, 6.45) is 3.55. The molecule has 7 heteroatoms. The second-order valence-corrected chi connectivity index (χ2v) is 8.97. The van der Waals surface area contributed by atoms with Crippen molar-refractivity contribution in [3.63, 3.8) is 0 Å². The minimum atomic E-state index is -0.625. The zero-order chi connectivity index (χ0) is 21.2. The first-order chi connectivity index (χ1) is 13.7. The number of benzene rings is 1. The maximum Gasteiger partial charge on any atom is 0.258 e. The molecule has 0 bridgehead atoms. The molecule has 154 valence electrons. The van der Waals surface area contributed by atoms with E-state index < -0.39 is 5.41 Å². The SMILES string of the molecule is CSc1ncccc1C(=O)Nc1ccc2c(c1)OCC(C)(C)C(=O)N2CC(C)C. The molecule has 0 radical (unpaired) electrons. The number of hydrogen-bond donors (Lipinski definition) is 1. The first kappa shape index (κ1) is 21.2. The summed E-state index contributed by atoms with van der Waals surface area (Å²) in [5.74, 6) is 0.724. The van der Waals surface area contributed by atoms with Gasteiger partial charge in [0.2, 0.25) is 5.91 Å². The van der Waals surface area contributed by atoms with Gasteiger partial charge in [-0.15, -0.1) is 11.8 Å². The number of carbonyl (C=O) groups excluding carboxylic acids is 2. The number of amides is 2. The van der Waals surface area contributed by atoms with Gasteiger partial charge in [-0.2, -0.15) is 0 Å². The van der Waals surface area contributed by atoms with Gasteiger partial charge in [-0.1, -0.05) is 13.8 Å². The zero-order valence-electron chi connectivity index (χ0n) is 17.5. The average molecular weight is 414 g/mol. The Morgan fingerprint density at radius 1 is 1.34 bits per heavy atom. The van der Waals surface area contributed by atoms with Gasteiger partial charge in [0.25, 0.3) is 5.91 Å². The topological polar surface area (TPSA) is 71.5 Å². The summed E-state index contributed by atoms with van der Waals surface area (Å²) in [6, 6.07) is 8.91. The van der Waals surface area contributed by atoms with Crippen LogP contribution in [0.5, 0.6) is 5.75 Å². The number of nitrogens with one attached hydrogen (secondary N) is 1. The molecule has 6 nitrogen and oxygen atoms in total. The Kier molecular flexibility index (Phi) is 6.17. The van der Waals surface area contributed by atoms with Crippen molar-refractivity contribution in [1.82, 2.24) is 4.98 Å². The fourth-order valence-electron chi connectivity index (χ4n) is 3.20. The minimum Gasteiger partial charge on any atom is -0.490 e. The molecule has 0 aliphatic carbocycles. The fraction of sp³-hybridized carbons (Fsp3) is 0.409. The summed E-state index contributed by atoms with van der Waals surface area (Å²) in [7, 11) is 0. The summed E-state index contributed by atoms with van der Waals surface area (Å²) in [4.78, 5) is 31.8. The van der Waals surface area contributed by atoms with Gasteiger partial charge in [0, 0.05) is 24.5 Å². The van der Waals surface area contributed by atoms with Crippen molar-refractivity contribution >= 4 is 35.0 Å². The summed E-state index contributed by atoms with van der Waals surface area (Å²) >= 11 is 1.43. The largest absolute Gasteiger partial charge is 0.490 e. The molecule has 2 amide bonds. The van der Waals surface area contributed by atoms with Crippen LogP contribution < -0.4 is 15.0 Å². The lowest BCUT2D eigenvalue weighted by atomic mass is 9.92. The predicted octanol–water partition coefficient (Wildman–Crippen LogP) is 4.46. The Balaban J connectivity index is 1.91. The molecule has 0 atom stereocenters. The number of ether oxygens (including phenoxy) is 1. The van der Waals surface area contributed by atoms with Crippen LogP contribution in [0, 0.1) is 11.3 Å². The van der Waals surface area contributed by atoms with E-state index in [4.69, 9.17) is 4.74 Å². The fourth-order valence-corrected chi connectivity index (χ4v) is 3.74.